The van der Waals surface area contributed by atoms with Gasteiger partial charge in [0.25, 0.3) is 0 Å². The van der Waals surface area contributed by atoms with Gasteiger partial charge in [-0.25, -0.2) is 9.18 Å². The number of nitrogens with zero attached hydrogens (tertiary/aromatic N) is 1. The molecule has 0 atom stereocenters. The van der Waals surface area contributed by atoms with Gasteiger partial charge < -0.3 is 19.5 Å². The van der Waals surface area contributed by atoms with Crippen molar-refractivity contribution in [3.8, 4) is 0 Å². The molecule has 0 aromatic heterocycles. The molecule has 1 spiro atoms. The van der Waals surface area contributed by atoms with Crippen molar-refractivity contribution in [3.63, 3.8) is 0 Å². The van der Waals surface area contributed by atoms with Gasteiger partial charge in [-0.1, -0.05) is 6.07 Å². The van der Waals surface area contributed by atoms with Crippen LogP contribution >= 0.6 is 0 Å². The van der Waals surface area contributed by atoms with E-state index in [2.05, 4.69) is 0 Å². The summed E-state index contributed by atoms with van der Waals surface area (Å²) < 4.78 is 24.9. The first kappa shape index (κ1) is 13.3. The summed E-state index contributed by atoms with van der Waals surface area (Å²) in [6.07, 6.45) is 1.31. The van der Waals surface area contributed by atoms with E-state index in [1.54, 1.807) is 6.07 Å². The lowest BCUT2D eigenvalue weighted by molar-refractivity contribution is -0.169. The van der Waals surface area contributed by atoms with Crippen molar-refractivity contribution in [1.29, 1.82) is 0 Å². The highest BCUT2D eigenvalue weighted by Gasteiger charge is 2.40. The Balaban J connectivity index is 1.81. The maximum Gasteiger partial charge on any atom is 0.340 e. The molecule has 2 fully saturated rings. The van der Waals surface area contributed by atoms with Gasteiger partial charge in [-0.05, 0) is 12.1 Å². The fourth-order valence-electron chi connectivity index (χ4n) is 2.86. The van der Waals surface area contributed by atoms with Crippen LogP contribution in [0.3, 0.4) is 0 Å². The van der Waals surface area contributed by atoms with E-state index in [9.17, 15) is 9.18 Å². The van der Waals surface area contributed by atoms with E-state index in [-0.39, 0.29) is 5.56 Å². The zero-order valence-electron chi connectivity index (χ0n) is 11.0. The highest BCUT2D eigenvalue weighted by molar-refractivity contribution is 5.94. The third-order valence-corrected chi connectivity index (χ3v) is 3.88. The van der Waals surface area contributed by atoms with Crippen LogP contribution in [0.15, 0.2) is 18.2 Å². The van der Waals surface area contributed by atoms with Crippen LogP contribution in [0, 0.1) is 5.82 Å². The number of aromatic carboxylic acids is 1. The highest BCUT2D eigenvalue weighted by atomic mass is 19.1. The SMILES string of the molecule is O=C(O)c1c(F)cccc1N1CCC2(CC1)OCCO2. The Labute approximate surface area is 115 Å². The van der Waals surface area contributed by atoms with Crippen LogP contribution in [0.5, 0.6) is 0 Å². The van der Waals surface area contributed by atoms with Crippen molar-refractivity contribution in [2.75, 3.05) is 31.2 Å². The van der Waals surface area contributed by atoms with E-state index >= 15 is 0 Å². The monoisotopic (exact) mass is 281 g/mol. The summed E-state index contributed by atoms with van der Waals surface area (Å²) in [5, 5.41) is 9.17. The number of halogens is 1. The average molecular weight is 281 g/mol. The number of ether oxygens (including phenoxy) is 2. The molecule has 5 nitrogen and oxygen atoms in total. The Bertz CT molecular complexity index is 518. The Morgan fingerprint density at radius 1 is 1.25 bits per heavy atom. The highest BCUT2D eigenvalue weighted by Crippen LogP contribution is 2.34. The topological polar surface area (TPSA) is 59.0 Å². The number of rotatable bonds is 2. The summed E-state index contributed by atoms with van der Waals surface area (Å²) in [5.74, 6) is -2.47. The number of carboxylic acid groups (broad SMARTS) is 1. The van der Waals surface area contributed by atoms with E-state index in [1.165, 1.54) is 12.1 Å². The minimum absolute atomic E-state index is 0.267. The van der Waals surface area contributed by atoms with E-state index in [4.69, 9.17) is 14.6 Å². The molecular formula is C14H16FNO4. The van der Waals surface area contributed by atoms with E-state index in [0.29, 0.717) is 44.8 Å². The molecule has 0 bridgehead atoms. The van der Waals surface area contributed by atoms with Gasteiger partial charge in [0.15, 0.2) is 5.79 Å². The summed E-state index contributed by atoms with van der Waals surface area (Å²) >= 11 is 0. The molecule has 0 unspecified atom stereocenters. The predicted octanol–water partition coefficient (Wildman–Crippen LogP) is 1.87. The van der Waals surface area contributed by atoms with Gasteiger partial charge in [0.1, 0.15) is 11.4 Å². The standard InChI is InChI=1S/C14H16FNO4/c15-10-2-1-3-11(12(10)13(17)18)16-6-4-14(5-7-16)19-8-9-20-14/h1-3H,4-9H2,(H,17,18). The first-order valence-corrected chi connectivity index (χ1v) is 6.66. The number of hydrogen-bond acceptors (Lipinski definition) is 4. The van der Waals surface area contributed by atoms with Gasteiger partial charge in [-0.2, -0.15) is 0 Å². The number of carboxylic acids is 1. The Morgan fingerprint density at radius 2 is 1.90 bits per heavy atom. The zero-order valence-corrected chi connectivity index (χ0v) is 11.0. The van der Waals surface area contributed by atoms with E-state index in [0.717, 1.165) is 0 Å². The van der Waals surface area contributed by atoms with Crippen LogP contribution in [0.1, 0.15) is 23.2 Å². The third kappa shape index (κ3) is 2.25. The van der Waals surface area contributed by atoms with Crippen molar-refractivity contribution >= 4 is 11.7 Å². The molecule has 1 aromatic rings. The number of hydrogen-bond donors (Lipinski definition) is 1. The predicted molar refractivity (Wildman–Crippen MR) is 69.4 cm³/mol. The molecule has 2 aliphatic heterocycles. The van der Waals surface area contributed by atoms with Crippen molar-refractivity contribution in [2.24, 2.45) is 0 Å². The van der Waals surface area contributed by atoms with Gasteiger partial charge in [0.2, 0.25) is 0 Å². The smallest absolute Gasteiger partial charge is 0.340 e. The maximum absolute atomic E-state index is 13.7. The van der Waals surface area contributed by atoms with Crippen molar-refractivity contribution in [2.45, 2.75) is 18.6 Å². The van der Waals surface area contributed by atoms with Gasteiger partial charge in [-0.3, -0.25) is 0 Å². The van der Waals surface area contributed by atoms with E-state index in [1.807, 2.05) is 4.90 Å². The van der Waals surface area contributed by atoms with Gasteiger partial charge >= 0.3 is 5.97 Å². The van der Waals surface area contributed by atoms with Crippen LogP contribution in [0.25, 0.3) is 0 Å². The molecule has 0 amide bonds. The third-order valence-electron chi connectivity index (χ3n) is 3.88. The summed E-state index contributed by atoms with van der Waals surface area (Å²) in [6, 6.07) is 4.34. The largest absolute Gasteiger partial charge is 0.478 e. The van der Waals surface area contributed by atoms with E-state index < -0.39 is 17.6 Å². The maximum atomic E-state index is 13.7. The molecule has 20 heavy (non-hydrogen) atoms. The second kappa shape index (κ2) is 5.03. The minimum atomic E-state index is -1.24. The first-order chi connectivity index (χ1) is 9.61. The van der Waals surface area contributed by atoms with Crippen molar-refractivity contribution in [1.82, 2.24) is 0 Å². The Kier molecular flexibility index (Phi) is 3.35. The van der Waals surface area contributed by atoms with Crippen LogP contribution in [-0.2, 0) is 9.47 Å². The van der Waals surface area contributed by atoms with Crippen LogP contribution in [0.4, 0.5) is 10.1 Å². The quantitative estimate of drug-likeness (QED) is 0.896. The molecule has 1 aromatic carbocycles. The number of piperidine rings is 1. The summed E-state index contributed by atoms with van der Waals surface area (Å²) in [7, 11) is 0. The molecule has 0 saturated carbocycles. The number of benzene rings is 1. The zero-order chi connectivity index (χ0) is 14.2. The van der Waals surface area contributed by atoms with Gasteiger partial charge in [0, 0.05) is 25.9 Å². The van der Waals surface area contributed by atoms with Gasteiger partial charge in [-0.15, -0.1) is 0 Å². The lowest BCUT2D eigenvalue weighted by Crippen LogP contribution is -2.45. The Hall–Kier alpha value is -1.66. The average Bonchev–Trinajstić information content (AvgIpc) is 2.87. The lowest BCUT2D eigenvalue weighted by Gasteiger charge is -2.39. The summed E-state index contributed by atoms with van der Waals surface area (Å²) in [6.45, 7) is 2.37. The molecule has 3 rings (SSSR count). The molecule has 6 heteroatoms. The van der Waals surface area contributed by atoms with Gasteiger partial charge in [0.05, 0.1) is 18.9 Å². The lowest BCUT2D eigenvalue weighted by atomic mass is 10.0. The van der Waals surface area contributed by atoms with Crippen molar-refractivity contribution in [3.05, 3.63) is 29.6 Å². The fraction of sp³-hybridized carbons (Fsp3) is 0.500. The molecule has 1 N–H and O–H groups in total. The molecule has 0 radical (unpaired) electrons. The molecule has 2 heterocycles. The second-order valence-electron chi connectivity index (χ2n) is 5.03. The fourth-order valence-corrected chi connectivity index (χ4v) is 2.86. The van der Waals surface area contributed by atoms with Crippen LogP contribution in [-0.4, -0.2) is 43.2 Å². The normalized spacial score (nSPS) is 21.4. The molecule has 2 saturated heterocycles. The first-order valence-electron chi connectivity index (χ1n) is 6.66. The summed E-state index contributed by atoms with van der Waals surface area (Å²) in [5.41, 5.74) is 0.155. The number of anilines is 1. The molecule has 108 valence electrons. The van der Waals surface area contributed by atoms with Crippen molar-refractivity contribution < 1.29 is 23.8 Å². The van der Waals surface area contributed by atoms with Crippen LogP contribution in [0.2, 0.25) is 0 Å². The molecular weight excluding hydrogens is 265 g/mol. The molecule has 0 aliphatic carbocycles. The van der Waals surface area contributed by atoms with Crippen LogP contribution < -0.4 is 4.90 Å². The Morgan fingerprint density at radius 3 is 2.50 bits per heavy atom. The minimum Gasteiger partial charge on any atom is -0.478 e. The number of carbonyl (C=O) groups is 1. The molecule has 2 aliphatic rings. The second-order valence-corrected chi connectivity index (χ2v) is 5.03. The summed E-state index contributed by atoms with van der Waals surface area (Å²) in [4.78, 5) is 13.1.